The molecule has 0 aliphatic rings. The minimum absolute atomic E-state index is 0.0906. The summed E-state index contributed by atoms with van der Waals surface area (Å²) in [4.78, 5) is 17.1. The van der Waals surface area contributed by atoms with Crippen molar-refractivity contribution in [3.63, 3.8) is 0 Å². The van der Waals surface area contributed by atoms with Gasteiger partial charge >= 0.3 is 5.97 Å². The van der Waals surface area contributed by atoms with Gasteiger partial charge in [-0.2, -0.15) is 0 Å². The number of esters is 1. The zero-order valence-corrected chi connectivity index (χ0v) is 23.1. The molecule has 2 aromatic rings. The highest BCUT2D eigenvalue weighted by Crippen LogP contribution is 2.19. The van der Waals surface area contributed by atoms with Crippen molar-refractivity contribution >= 4 is 5.97 Å². The van der Waals surface area contributed by atoms with Crippen LogP contribution in [0.2, 0.25) is 0 Å². The zero-order chi connectivity index (χ0) is 25.8. The van der Waals surface area contributed by atoms with E-state index >= 15 is 0 Å². The van der Waals surface area contributed by atoms with Gasteiger partial charge in [-0.15, -0.1) is 0 Å². The molecule has 0 radical (unpaired) electrons. The van der Waals surface area contributed by atoms with Crippen molar-refractivity contribution < 1.29 is 14.3 Å². The average molecular weight is 496 g/mol. The molecule has 1 atom stereocenters. The lowest BCUT2D eigenvalue weighted by atomic mass is 10.0. The van der Waals surface area contributed by atoms with Crippen molar-refractivity contribution in [1.82, 2.24) is 4.98 Å². The minimum Gasteiger partial charge on any atom is -0.459 e. The lowest BCUT2D eigenvalue weighted by Gasteiger charge is -2.13. The van der Waals surface area contributed by atoms with Crippen molar-refractivity contribution in [2.45, 2.75) is 117 Å². The fraction of sp³-hybridized carbons (Fsp3) is 0.625. The monoisotopic (exact) mass is 495 g/mol. The molecular weight excluding hydrogens is 446 g/mol. The number of unbranched alkanes of at least 4 members (excludes halogenated alkanes) is 11. The normalized spacial score (nSPS) is 12.0. The Morgan fingerprint density at radius 3 is 2.00 bits per heavy atom. The fourth-order valence-electron chi connectivity index (χ4n) is 4.30. The van der Waals surface area contributed by atoms with Gasteiger partial charge in [0.05, 0.1) is 17.4 Å². The maximum Gasteiger partial charge on any atom is 0.338 e. The Labute approximate surface area is 220 Å². The summed E-state index contributed by atoms with van der Waals surface area (Å²) in [6.07, 6.45) is 19.7. The Hall–Kier alpha value is -2.20. The van der Waals surface area contributed by atoms with Crippen LogP contribution in [0, 0.1) is 0 Å². The van der Waals surface area contributed by atoms with Crippen molar-refractivity contribution in [2.24, 2.45) is 0 Å². The van der Waals surface area contributed by atoms with Crippen LogP contribution >= 0.6 is 0 Å². The average Bonchev–Trinajstić information content (AvgIpc) is 2.91. The molecule has 0 aliphatic heterocycles. The SMILES string of the molecule is CCCCCCCCCCOC(C)COC(=O)c1ccc(-c2ccc(CCCCCCC)cn2)cc1. The Morgan fingerprint density at radius 1 is 0.778 bits per heavy atom. The third-order valence-corrected chi connectivity index (χ3v) is 6.66. The van der Waals surface area contributed by atoms with Gasteiger partial charge < -0.3 is 9.47 Å². The molecule has 200 valence electrons. The fourth-order valence-corrected chi connectivity index (χ4v) is 4.30. The number of ether oxygens (including phenoxy) is 2. The molecule has 0 spiro atoms. The molecule has 0 saturated carbocycles. The maximum absolute atomic E-state index is 12.4. The molecule has 4 nitrogen and oxygen atoms in total. The lowest BCUT2D eigenvalue weighted by molar-refractivity contribution is -0.00140. The third-order valence-electron chi connectivity index (χ3n) is 6.66. The highest BCUT2D eigenvalue weighted by atomic mass is 16.6. The van der Waals surface area contributed by atoms with Crippen LogP contribution in [0.15, 0.2) is 42.6 Å². The second-order valence-electron chi connectivity index (χ2n) is 10.0. The molecule has 0 aliphatic carbocycles. The van der Waals surface area contributed by atoms with Crippen molar-refractivity contribution in [2.75, 3.05) is 13.2 Å². The van der Waals surface area contributed by atoms with E-state index in [0.29, 0.717) is 5.56 Å². The number of nitrogens with zero attached hydrogens (tertiary/aromatic N) is 1. The van der Waals surface area contributed by atoms with Crippen LogP contribution in [-0.2, 0) is 15.9 Å². The van der Waals surface area contributed by atoms with E-state index in [9.17, 15) is 4.79 Å². The van der Waals surface area contributed by atoms with E-state index in [0.717, 1.165) is 30.7 Å². The highest BCUT2D eigenvalue weighted by Gasteiger charge is 2.11. The number of aryl methyl sites for hydroxylation is 1. The molecule has 0 N–H and O–H groups in total. The number of benzene rings is 1. The van der Waals surface area contributed by atoms with Gasteiger partial charge in [0.15, 0.2) is 0 Å². The number of carbonyl (C=O) groups is 1. The minimum atomic E-state index is -0.310. The molecular formula is C32H49NO3. The Morgan fingerprint density at radius 2 is 1.39 bits per heavy atom. The summed E-state index contributed by atoms with van der Waals surface area (Å²) >= 11 is 0. The number of carbonyl (C=O) groups excluding carboxylic acids is 1. The first-order valence-corrected chi connectivity index (χ1v) is 14.5. The summed E-state index contributed by atoms with van der Waals surface area (Å²) in [5.74, 6) is -0.310. The highest BCUT2D eigenvalue weighted by molar-refractivity contribution is 5.90. The smallest absolute Gasteiger partial charge is 0.338 e. The van der Waals surface area contributed by atoms with Gasteiger partial charge in [0.25, 0.3) is 0 Å². The molecule has 1 unspecified atom stereocenters. The third kappa shape index (κ3) is 12.7. The van der Waals surface area contributed by atoms with Crippen molar-refractivity contribution in [3.05, 3.63) is 53.7 Å². The van der Waals surface area contributed by atoms with Crippen LogP contribution < -0.4 is 0 Å². The first-order chi connectivity index (χ1) is 17.6. The van der Waals surface area contributed by atoms with Gasteiger partial charge in [-0.1, -0.05) is 103 Å². The Balaban J connectivity index is 1.64. The number of aromatic nitrogens is 1. The quantitative estimate of drug-likeness (QED) is 0.136. The summed E-state index contributed by atoms with van der Waals surface area (Å²) < 4.78 is 11.3. The lowest BCUT2D eigenvalue weighted by Crippen LogP contribution is -2.19. The molecule has 1 heterocycles. The van der Waals surface area contributed by atoms with E-state index < -0.39 is 0 Å². The maximum atomic E-state index is 12.4. The van der Waals surface area contributed by atoms with E-state index in [1.807, 2.05) is 37.4 Å². The number of hydrogen-bond donors (Lipinski definition) is 0. The second kappa shape index (κ2) is 19.0. The summed E-state index contributed by atoms with van der Waals surface area (Å²) in [7, 11) is 0. The van der Waals surface area contributed by atoms with E-state index in [1.54, 1.807) is 0 Å². The predicted octanol–water partition coefficient (Wildman–Crippen LogP) is 8.96. The van der Waals surface area contributed by atoms with Gasteiger partial charge in [-0.05, 0) is 49.9 Å². The van der Waals surface area contributed by atoms with E-state index in [4.69, 9.17) is 9.47 Å². The first kappa shape index (κ1) is 30.0. The first-order valence-electron chi connectivity index (χ1n) is 14.5. The van der Waals surface area contributed by atoms with E-state index in [-0.39, 0.29) is 18.7 Å². The Kier molecular flexibility index (Phi) is 15.8. The van der Waals surface area contributed by atoms with Crippen LogP contribution in [0.5, 0.6) is 0 Å². The van der Waals surface area contributed by atoms with Crippen molar-refractivity contribution in [3.8, 4) is 11.3 Å². The number of rotatable bonds is 20. The van der Waals surface area contributed by atoms with Crippen LogP contribution in [0.3, 0.4) is 0 Å². The molecule has 2 rings (SSSR count). The molecule has 0 bridgehead atoms. The number of hydrogen-bond acceptors (Lipinski definition) is 4. The molecule has 1 aromatic heterocycles. The topological polar surface area (TPSA) is 48.4 Å². The summed E-state index contributed by atoms with van der Waals surface area (Å²) in [6, 6.07) is 11.7. The molecule has 0 saturated heterocycles. The largest absolute Gasteiger partial charge is 0.459 e. The standard InChI is InChI=1S/C32H49NO3/c1-4-6-8-10-11-12-14-16-24-35-27(3)26-36-32(34)30-21-19-29(20-22-30)31-23-18-28(25-33-31)17-15-13-9-7-5-2/h18-23,25,27H,4-17,24,26H2,1-3H3. The van der Waals surface area contributed by atoms with Crippen molar-refractivity contribution in [1.29, 1.82) is 0 Å². The Bertz CT molecular complexity index is 816. The van der Waals surface area contributed by atoms with Crippen LogP contribution in [-0.4, -0.2) is 30.3 Å². The van der Waals surface area contributed by atoms with Gasteiger partial charge in [0.1, 0.15) is 6.61 Å². The molecule has 0 fully saturated rings. The van der Waals surface area contributed by atoms with Gasteiger partial charge in [0.2, 0.25) is 0 Å². The molecule has 1 aromatic carbocycles. The summed E-state index contributed by atoms with van der Waals surface area (Å²) in [5.41, 5.74) is 3.77. The second-order valence-corrected chi connectivity index (χ2v) is 10.0. The van der Waals surface area contributed by atoms with Crippen LogP contribution in [0.1, 0.15) is 120 Å². The van der Waals surface area contributed by atoms with E-state index in [1.165, 1.54) is 82.6 Å². The molecule has 4 heteroatoms. The number of pyridine rings is 1. The summed E-state index contributed by atoms with van der Waals surface area (Å²) in [5, 5.41) is 0. The van der Waals surface area contributed by atoms with E-state index in [2.05, 4.69) is 31.0 Å². The molecule has 0 amide bonds. The summed E-state index contributed by atoms with van der Waals surface area (Å²) in [6.45, 7) is 7.46. The molecule has 36 heavy (non-hydrogen) atoms. The van der Waals surface area contributed by atoms with Gasteiger partial charge in [-0.3, -0.25) is 4.98 Å². The van der Waals surface area contributed by atoms with Gasteiger partial charge in [0, 0.05) is 18.4 Å². The van der Waals surface area contributed by atoms with Crippen LogP contribution in [0.25, 0.3) is 11.3 Å². The zero-order valence-electron chi connectivity index (χ0n) is 23.1. The predicted molar refractivity (Wildman–Crippen MR) is 150 cm³/mol. The van der Waals surface area contributed by atoms with Gasteiger partial charge in [-0.25, -0.2) is 4.79 Å². The van der Waals surface area contributed by atoms with Crippen LogP contribution in [0.4, 0.5) is 0 Å².